The van der Waals surface area contributed by atoms with Crippen LogP contribution in [0.3, 0.4) is 0 Å². The standard InChI is InChI=1S/C15H14BrClN2OS/c1-9-6-10(16)2-5-14(9)19-15(20)8-21-11-3-4-13(18)12(17)7-11/h2-7H,8,18H2,1H3,(H,19,20). The first-order chi connectivity index (χ1) is 9.95. The van der Waals surface area contributed by atoms with Crippen LogP contribution >= 0.6 is 39.3 Å². The van der Waals surface area contributed by atoms with Gasteiger partial charge < -0.3 is 11.1 Å². The number of nitrogens with two attached hydrogens (primary N) is 1. The van der Waals surface area contributed by atoms with Gasteiger partial charge >= 0.3 is 0 Å². The van der Waals surface area contributed by atoms with E-state index >= 15 is 0 Å². The SMILES string of the molecule is Cc1cc(Br)ccc1NC(=O)CSc1ccc(N)c(Cl)c1. The first-order valence-electron chi connectivity index (χ1n) is 6.19. The maximum absolute atomic E-state index is 12.0. The summed E-state index contributed by atoms with van der Waals surface area (Å²) in [5.74, 6) is 0.258. The first-order valence-corrected chi connectivity index (χ1v) is 8.35. The number of hydrogen-bond donors (Lipinski definition) is 2. The number of nitrogens with one attached hydrogen (secondary N) is 1. The molecule has 0 saturated carbocycles. The van der Waals surface area contributed by atoms with Gasteiger partial charge in [-0.3, -0.25) is 4.79 Å². The van der Waals surface area contributed by atoms with Gasteiger partial charge in [0.25, 0.3) is 0 Å². The molecule has 0 unspecified atom stereocenters. The highest BCUT2D eigenvalue weighted by Gasteiger charge is 2.07. The highest BCUT2D eigenvalue weighted by Crippen LogP contribution is 2.26. The van der Waals surface area contributed by atoms with Gasteiger partial charge in [0.2, 0.25) is 5.91 Å². The molecule has 0 atom stereocenters. The number of amides is 1. The van der Waals surface area contributed by atoms with Crippen LogP contribution in [0, 0.1) is 6.92 Å². The van der Waals surface area contributed by atoms with Gasteiger partial charge in [0.1, 0.15) is 0 Å². The smallest absolute Gasteiger partial charge is 0.234 e. The fourth-order valence-corrected chi connectivity index (χ4v) is 3.16. The molecular formula is C15H14BrClN2OS. The molecule has 0 aromatic heterocycles. The van der Waals surface area contributed by atoms with Crippen LogP contribution in [-0.4, -0.2) is 11.7 Å². The fraction of sp³-hybridized carbons (Fsp3) is 0.133. The average Bonchev–Trinajstić information content (AvgIpc) is 2.43. The van der Waals surface area contributed by atoms with Crippen LogP contribution in [0.25, 0.3) is 0 Å². The molecule has 3 N–H and O–H groups in total. The first kappa shape index (κ1) is 16.2. The van der Waals surface area contributed by atoms with Crippen LogP contribution in [0.5, 0.6) is 0 Å². The minimum absolute atomic E-state index is 0.0571. The number of nitrogen functional groups attached to an aromatic ring is 1. The minimum Gasteiger partial charge on any atom is -0.398 e. The molecule has 2 aromatic rings. The maximum Gasteiger partial charge on any atom is 0.234 e. The number of carbonyl (C=O) groups is 1. The quantitative estimate of drug-likeness (QED) is 0.591. The Morgan fingerprint density at radius 3 is 2.76 bits per heavy atom. The molecule has 6 heteroatoms. The Labute approximate surface area is 141 Å². The Hall–Kier alpha value is -1.17. The lowest BCUT2D eigenvalue weighted by atomic mass is 10.2. The van der Waals surface area contributed by atoms with Gasteiger partial charge in [-0.15, -0.1) is 11.8 Å². The Morgan fingerprint density at radius 1 is 1.33 bits per heavy atom. The van der Waals surface area contributed by atoms with E-state index in [1.54, 1.807) is 12.1 Å². The predicted molar refractivity (Wildman–Crippen MR) is 94.1 cm³/mol. The third-order valence-corrected chi connectivity index (χ3v) is 4.62. The van der Waals surface area contributed by atoms with E-state index in [9.17, 15) is 4.79 Å². The Morgan fingerprint density at radius 2 is 2.10 bits per heavy atom. The van der Waals surface area contributed by atoms with Crippen molar-refractivity contribution in [3.63, 3.8) is 0 Å². The lowest BCUT2D eigenvalue weighted by Gasteiger charge is -2.09. The van der Waals surface area contributed by atoms with Crippen molar-refractivity contribution in [3.8, 4) is 0 Å². The molecule has 21 heavy (non-hydrogen) atoms. The number of aryl methyl sites for hydroxylation is 1. The molecule has 2 aromatic carbocycles. The van der Waals surface area contributed by atoms with Gasteiger partial charge in [0.05, 0.1) is 16.5 Å². The summed E-state index contributed by atoms with van der Waals surface area (Å²) in [5.41, 5.74) is 8.02. The summed E-state index contributed by atoms with van der Waals surface area (Å²) in [6.07, 6.45) is 0. The van der Waals surface area contributed by atoms with Gasteiger partial charge in [0, 0.05) is 15.1 Å². The van der Waals surface area contributed by atoms with Crippen LogP contribution < -0.4 is 11.1 Å². The topological polar surface area (TPSA) is 55.1 Å². The minimum atomic E-state index is -0.0571. The molecular weight excluding hydrogens is 372 g/mol. The van der Waals surface area contributed by atoms with Gasteiger partial charge in [-0.05, 0) is 48.9 Å². The van der Waals surface area contributed by atoms with E-state index in [1.807, 2.05) is 31.2 Å². The van der Waals surface area contributed by atoms with E-state index in [-0.39, 0.29) is 5.91 Å². The van der Waals surface area contributed by atoms with Crippen LogP contribution in [0.4, 0.5) is 11.4 Å². The van der Waals surface area contributed by atoms with Crippen molar-refractivity contribution in [2.45, 2.75) is 11.8 Å². The van der Waals surface area contributed by atoms with Gasteiger partial charge in [-0.25, -0.2) is 0 Å². The normalized spacial score (nSPS) is 10.4. The van der Waals surface area contributed by atoms with Crippen LogP contribution in [-0.2, 0) is 4.79 Å². The van der Waals surface area contributed by atoms with Crippen molar-refractivity contribution < 1.29 is 4.79 Å². The molecule has 0 aliphatic heterocycles. The summed E-state index contributed by atoms with van der Waals surface area (Å²) >= 11 is 10.8. The number of carbonyl (C=O) groups excluding carboxylic acids is 1. The van der Waals surface area contributed by atoms with Crippen LogP contribution in [0.2, 0.25) is 5.02 Å². The van der Waals surface area contributed by atoms with Gasteiger partial charge in [0.15, 0.2) is 0 Å². The molecule has 1 amide bonds. The van der Waals surface area contributed by atoms with Crippen molar-refractivity contribution in [1.29, 1.82) is 0 Å². The lowest BCUT2D eigenvalue weighted by Crippen LogP contribution is -2.14. The molecule has 3 nitrogen and oxygen atoms in total. The van der Waals surface area contributed by atoms with Gasteiger partial charge in [-0.1, -0.05) is 27.5 Å². The summed E-state index contributed by atoms with van der Waals surface area (Å²) in [4.78, 5) is 12.9. The molecule has 0 aliphatic carbocycles. The largest absolute Gasteiger partial charge is 0.398 e. The molecule has 0 fully saturated rings. The molecule has 0 radical (unpaired) electrons. The summed E-state index contributed by atoms with van der Waals surface area (Å²) in [6.45, 7) is 1.95. The van der Waals surface area contributed by atoms with E-state index in [2.05, 4.69) is 21.2 Å². The third-order valence-electron chi connectivity index (χ3n) is 2.80. The summed E-state index contributed by atoms with van der Waals surface area (Å²) in [6, 6.07) is 11.1. The molecule has 0 spiro atoms. The summed E-state index contributed by atoms with van der Waals surface area (Å²) in [5, 5.41) is 3.40. The summed E-state index contributed by atoms with van der Waals surface area (Å²) in [7, 11) is 0. The predicted octanol–water partition coefficient (Wildman–Crippen LogP) is 4.72. The molecule has 0 heterocycles. The number of rotatable bonds is 4. The number of hydrogen-bond acceptors (Lipinski definition) is 3. The average molecular weight is 386 g/mol. The van der Waals surface area contributed by atoms with Crippen molar-refractivity contribution >= 4 is 56.6 Å². The van der Waals surface area contributed by atoms with Crippen LogP contribution in [0.1, 0.15) is 5.56 Å². The lowest BCUT2D eigenvalue weighted by molar-refractivity contribution is -0.113. The number of thioether (sulfide) groups is 1. The molecule has 2 rings (SSSR count). The summed E-state index contributed by atoms with van der Waals surface area (Å²) < 4.78 is 0.990. The van der Waals surface area contributed by atoms with E-state index in [0.717, 1.165) is 20.6 Å². The van der Waals surface area contributed by atoms with E-state index < -0.39 is 0 Å². The Kier molecular flexibility index (Phi) is 5.56. The Bertz CT molecular complexity index is 679. The number of halogens is 2. The molecule has 0 bridgehead atoms. The zero-order chi connectivity index (χ0) is 15.4. The van der Waals surface area contributed by atoms with Crippen molar-refractivity contribution in [1.82, 2.24) is 0 Å². The van der Waals surface area contributed by atoms with Crippen LogP contribution in [0.15, 0.2) is 45.8 Å². The zero-order valence-corrected chi connectivity index (χ0v) is 14.5. The second-order valence-corrected chi connectivity index (χ2v) is 6.85. The maximum atomic E-state index is 12.0. The number of benzene rings is 2. The molecule has 110 valence electrons. The van der Waals surface area contributed by atoms with E-state index in [1.165, 1.54) is 11.8 Å². The highest BCUT2D eigenvalue weighted by atomic mass is 79.9. The molecule has 0 aliphatic rings. The number of anilines is 2. The monoisotopic (exact) mass is 384 g/mol. The highest BCUT2D eigenvalue weighted by molar-refractivity contribution is 9.10. The zero-order valence-electron chi connectivity index (χ0n) is 11.3. The van der Waals surface area contributed by atoms with Crippen molar-refractivity contribution in [2.24, 2.45) is 0 Å². The second kappa shape index (κ2) is 7.20. The molecule has 0 saturated heterocycles. The van der Waals surface area contributed by atoms with Gasteiger partial charge in [-0.2, -0.15) is 0 Å². The van der Waals surface area contributed by atoms with Crippen molar-refractivity contribution in [2.75, 3.05) is 16.8 Å². The van der Waals surface area contributed by atoms with E-state index in [4.69, 9.17) is 17.3 Å². The Balaban J connectivity index is 1.94. The second-order valence-electron chi connectivity index (χ2n) is 4.48. The van der Waals surface area contributed by atoms with E-state index in [0.29, 0.717) is 16.5 Å². The third kappa shape index (κ3) is 4.66. The fourth-order valence-electron chi connectivity index (χ4n) is 1.70. The van der Waals surface area contributed by atoms with Crippen molar-refractivity contribution in [3.05, 3.63) is 51.5 Å².